The van der Waals surface area contributed by atoms with Crippen molar-refractivity contribution < 1.29 is 0 Å². The maximum atomic E-state index is 13.3. The Morgan fingerprint density at radius 1 is 1.00 bits per heavy atom. The molecule has 1 aliphatic carbocycles. The Bertz CT molecular complexity index is 1290. The van der Waals surface area contributed by atoms with Crippen LogP contribution in [0.3, 0.4) is 0 Å². The van der Waals surface area contributed by atoms with Gasteiger partial charge in [0.05, 0.1) is 12.0 Å². The van der Waals surface area contributed by atoms with Crippen LogP contribution in [0.1, 0.15) is 30.0 Å². The average molecular weight is 372 g/mol. The summed E-state index contributed by atoms with van der Waals surface area (Å²) in [5, 5.41) is 0. The van der Waals surface area contributed by atoms with E-state index in [-0.39, 0.29) is 17.3 Å². The lowest BCUT2D eigenvalue weighted by molar-refractivity contribution is 0.639. The van der Waals surface area contributed by atoms with Gasteiger partial charge in [-0.2, -0.15) is 0 Å². The van der Waals surface area contributed by atoms with Crippen molar-refractivity contribution in [3.63, 3.8) is 0 Å². The van der Waals surface area contributed by atoms with E-state index < -0.39 is 0 Å². The molecule has 2 aromatic carbocycles. The van der Waals surface area contributed by atoms with Gasteiger partial charge in [0.15, 0.2) is 11.2 Å². The summed E-state index contributed by atoms with van der Waals surface area (Å²) in [5.74, 6) is 0. The van der Waals surface area contributed by atoms with Gasteiger partial charge in [0.25, 0.3) is 5.56 Å². The van der Waals surface area contributed by atoms with Gasteiger partial charge in [0.2, 0.25) is 0 Å². The molecule has 1 aliphatic rings. The number of imidazole rings is 1. The number of nitrogens with zero attached hydrogens (tertiary/aromatic N) is 4. The minimum atomic E-state index is -0.313. The number of hydrogen-bond donors (Lipinski definition) is 0. The minimum absolute atomic E-state index is 0.0128. The molecule has 1 saturated carbocycles. The molecule has 0 unspecified atom stereocenters. The Kier molecular flexibility index (Phi) is 3.79. The number of rotatable bonds is 4. The van der Waals surface area contributed by atoms with E-state index in [1.54, 1.807) is 10.9 Å². The van der Waals surface area contributed by atoms with Crippen LogP contribution in [0.25, 0.3) is 16.9 Å². The van der Waals surface area contributed by atoms with Gasteiger partial charge in [-0.15, -0.1) is 0 Å². The first-order valence-electron chi connectivity index (χ1n) is 9.47. The van der Waals surface area contributed by atoms with E-state index in [9.17, 15) is 9.59 Å². The summed E-state index contributed by atoms with van der Waals surface area (Å²) in [4.78, 5) is 30.9. The van der Waals surface area contributed by atoms with E-state index in [0.717, 1.165) is 24.0 Å². The molecule has 0 spiro atoms. The van der Waals surface area contributed by atoms with Crippen LogP contribution < -0.4 is 11.2 Å². The second-order valence-corrected chi connectivity index (χ2v) is 7.33. The molecule has 4 aromatic rings. The summed E-state index contributed by atoms with van der Waals surface area (Å²) in [6, 6.07) is 17.5. The fourth-order valence-corrected chi connectivity index (χ4v) is 3.71. The highest BCUT2D eigenvalue weighted by atomic mass is 16.2. The highest BCUT2D eigenvalue weighted by molar-refractivity contribution is 5.72. The molecule has 0 atom stereocenters. The molecular weight excluding hydrogens is 352 g/mol. The number of hydrogen-bond acceptors (Lipinski definition) is 3. The third kappa shape index (κ3) is 2.60. The fourth-order valence-electron chi connectivity index (χ4n) is 3.71. The molecule has 0 amide bonds. The molecule has 6 heteroatoms. The summed E-state index contributed by atoms with van der Waals surface area (Å²) in [7, 11) is 0. The van der Waals surface area contributed by atoms with Crippen molar-refractivity contribution in [2.24, 2.45) is 0 Å². The van der Waals surface area contributed by atoms with Crippen molar-refractivity contribution in [2.75, 3.05) is 0 Å². The predicted octanol–water partition coefficient (Wildman–Crippen LogP) is 3.04. The largest absolute Gasteiger partial charge is 0.337 e. The zero-order valence-corrected chi connectivity index (χ0v) is 15.6. The van der Waals surface area contributed by atoms with Crippen molar-refractivity contribution in [3.8, 4) is 5.69 Å². The van der Waals surface area contributed by atoms with E-state index in [1.807, 2.05) is 53.1 Å². The number of aromatic nitrogens is 4. The highest BCUT2D eigenvalue weighted by Gasteiger charge is 2.30. The fraction of sp³-hybridized carbons (Fsp3) is 0.227. The zero-order valence-electron chi connectivity index (χ0n) is 15.6. The third-order valence-electron chi connectivity index (χ3n) is 5.38. The molecule has 1 fully saturated rings. The number of aryl methyl sites for hydroxylation is 1. The summed E-state index contributed by atoms with van der Waals surface area (Å²) in [5.41, 5.74) is 3.31. The third-order valence-corrected chi connectivity index (χ3v) is 5.38. The zero-order chi connectivity index (χ0) is 19.3. The van der Waals surface area contributed by atoms with Crippen LogP contribution >= 0.6 is 0 Å². The maximum absolute atomic E-state index is 13.3. The molecule has 0 aliphatic heterocycles. The quantitative estimate of drug-likeness (QED) is 0.553. The second-order valence-electron chi connectivity index (χ2n) is 7.33. The molecule has 0 saturated heterocycles. The van der Waals surface area contributed by atoms with Crippen LogP contribution in [-0.2, 0) is 6.54 Å². The lowest BCUT2D eigenvalue weighted by Gasteiger charge is -2.12. The highest BCUT2D eigenvalue weighted by Crippen LogP contribution is 2.32. The number of benzene rings is 2. The van der Waals surface area contributed by atoms with E-state index in [2.05, 4.69) is 18.0 Å². The first-order chi connectivity index (χ1) is 13.6. The van der Waals surface area contributed by atoms with Gasteiger partial charge in [0.1, 0.15) is 0 Å². The lowest BCUT2D eigenvalue weighted by atomic mass is 10.1. The van der Waals surface area contributed by atoms with Crippen LogP contribution in [0.15, 0.2) is 70.5 Å². The maximum Gasteiger partial charge on any atom is 0.337 e. The minimum Gasteiger partial charge on any atom is -0.320 e. The topological polar surface area (TPSA) is 61.8 Å². The van der Waals surface area contributed by atoms with Crippen molar-refractivity contribution >= 4 is 11.2 Å². The van der Waals surface area contributed by atoms with Gasteiger partial charge < -0.3 is 4.57 Å². The Labute approximate surface area is 161 Å². The van der Waals surface area contributed by atoms with Crippen molar-refractivity contribution in [1.82, 2.24) is 18.7 Å². The summed E-state index contributed by atoms with van der Waals surface area (Å²) in [6.07, 6.45) is 3.39. The smallest absolute Gasteiger partial charge is 0.320 e. The molecule has 6 nitrogen and oxygen atoms in total. The van der Waals surface area contributed by atoms with Gasteiger partial charge in [-0.25, -0.2) is 14.3 Å². The first-order valence-corrected chi connectivity index (χ1v) is 9.47. The SMILES string of the molecule is Cc1ccccc1Cn1cnc2c1c(=O)n(C1CC1)c(=O)n2-c1ccccc1. The predicted molar refractivity (Wildman–Crippen MR) is 108 cm³/mol. The van der Waals surface area contributed by atoms with E-state index in [0.29, 0.717) is 23.4 Å². The van der Waals surface area contributed by atoms with E-state index in [4.69, 9.17) is 0 Å². The molecular formula is C22H20N4O2. The van der Waals surface area contributed by atoms with Gasteiger partial charge in [-0.1, -0.05) is 42.5 Å². The number of para-hydroxylation sites is 1. The summed E-state index contributed by atoms with van der Waals surface area (Å²) >= 11 is 0. The molecule has 28 heavy (non-hydrogen) atoms. The van der Waals surface area contributed by atoms with E-state index >= 15 is 0 Å². The monoisotopic (exact) mass is 372 g/mol. The lowest BCUT2D eigenvalue weighted by Crippen LogP contribution is -2.39. The first kappa shape index (κ1) is 16.7. The second kappa shape index (κ2) is 6.34. The molecule has 140 valence electrons. The van der Waals surface area contributed by atoms with Crippen LogP contribution in [0.5, 0.6) is 0 Å². The van der Waals surface area contributed by atoms with Crippen LogP contribution in [0.4, 0.5) is 0 Å². The van der Waals surface area contributed by atoms with Crippen molar-refractivity contribution in [1.29, 1.82) is 0 Å². The van der Waals surface area contributed by atoms with Crippen LogP contribution in [0, 0.1) is 6.92 Å². The standard InChI is InChI=1S/C22H20N4O2/c1-15-7-5-6-8-16(15)13-24-14-23-20-19(24)21(27)26(18-11-12-18)22(28)25(20)17-9-3-2-4-10-17/h2-10,14,18H,11-13H2,1H3. The average Bonchev–Trinajstić information content (AvgIpc) is 3.45. The Morgan fingerprint density at radius 2 is 1.71 bits per heavy atom. The normalized spacial score (nSPS) is 13.9. The van der Waals surface area contributed by atoms with Gasteiger partial charge in [-0.05, 0) is 43.0 Å². The van der Waals surface area contributed by atoms with Crippen molar-refractivity contribution in [3.05, 3.63) is 92.9 Å². The number of fused-ring (bicyclic) bond motifs is 1. The molecule has 2 aromatic heterocycles. The summed E-state index contributed by atoms with van der Waals surface area (Å²) in [6.45, 7) is 2.59. The van der Waals surface area contributed by atoms with E-state index in [1.165, 1.54) is 4.57 Å². The van der Waals surface area contributed by atoms with Crippen LogP contribution in [0.2, 0.25) is 0 Å². The Balaban J connectivity index is 1.80. The molecule has 0 bridgehead atoms. The van der Waals surface area contributed by atoms with Crippen molar-refractivity contribution in [2.45, 2.75) is 32.4 Å². The molecule has 2 heterocycles. The van der Waals surface area contributed by atoms with Crippen LogP contribution in [-0.4, -0.2) is 18.7 Å². The summed E-state index contributed by atoms with van der Waals surface area (Å²) < 4.78 is 4.83. The van der Waals surface area contributed by atoms with Gasteiger partial charge in [-0.3, -0.25) is 9.36 Å². The van der Waals surface area contributed by atoms with Gasteiger partial charge in [0, 0.05) is 12.6 Å². The van der Waals surface area contributed by atoms with Gasteiger partial charge >= 0.3 is 5.69 Å². The molecule has 5 rings (SSSR count). The Morgan fingerprint density at radius 3 is 2.43 bits per heavy atom. The Hall–Kier alpha value is -3.41. The molecule has 0 radical (unpaired) electrons. The molecule has 0 N–H and O–H groups in total.